The van der Waals surface area contributed by atoms with Crippen molar-refractivity contribution in [2.24, 2.45) is 5.92 Å². The maximum atomic E-state index is 12.3. The monoisotopic (exact) mass is 305 g/mol. The van der Waals surface area contributed by atoms with Crippen molar-refractivity contribution >= 4 is 43.9 Å². The highest BCUT2D eigenvalue weighted by Gasteiger charge is 2.24. The number of thiophene rings is 1. The molecule has 0 spiro atoms. The lowest BCUT2D eigenvalue weighted by Gasteiger charge is -2.10. The average molecular weight is 305 g/mol. The van der Waals surface area contributed by atoms with Gasteiger partial charge in [0.15, 0.2) is 4.96 Å². The van der Waals surface area contributed by atoms with E-state index < -0.39 is 0 Å². The molecule has 0 bridgehead atoms. The Bertz CT molecular complexity index is 785. The van der Waals surface area contributed by atoms with E-state index in [9.17, 15) is 4.79 Å². The Morgan fingerprint density at radius 3 is 3.20 bits per heavy atom. The van der Waals surface area contributed by atoms with Gasteiger partial charge in [0.1, 0.15) is 4.83 Å². The molecule has 1 saturated carbocycles. The molecule has 0 aromatic carbocycles. The van der Waals surface area contributed by atoms with E-state index in [0.29, 0.717) is 6.04 Å². The van der Waals surface area contributed by atoms with Crippen LogP contribution in [0.2, 0.25) is 0 Å². The molecular formula is C14H15N3OS2. The number of hydrogen-bond donors (Lipinski definition) is 1. The number of amides is 1. The minimum atomic E-state index is 0.0519. The number of imidazole rings is 1. The van der Waals surface area contributed by atoms with Crippen molar-refractivity contribution in [1.82, 2.24) is 14.7 Å². The predicted molar refractivity (Wildman–Crippen MR) is 82.7 cm³/mol. The van der Waals surface area contributed by atoms with Gasteiger partial charge in [-0.3, -0.25) is 9.20 Å². The summed E-state index contributed by atoms with van der Waals surface area (Å²) < 4.78 is 2.05. The first-order valence-electron chi connectivity index (χ1n) is 6.86. The minimum Gasteiger partial charge on any atom is -0.349 e. The van der Waals surface area contributed by atoms with Crippen LogP contribution >= 0.6 is 22.7 Å². The highest BCUT2D eigenvalue weighted by atomic mass is 32.1. The van der Waals surface area contributed by atoms with Gasteiger partial charge >= 0.3 is 0 Å². The Morgan fingerprint density at radius 2 is 2.40 bits per heavy atom. The zero-order valence-electron chi connectivity index (χ0n) is 11.1. The van der Waals surface area contributed by atoms with Gasteiger partial charge in [-0.1, -0.05) is 6.92 Å². The molecule has 0 saturated heterocycles. The second kappa shape index (κ2) is 4.56. The minimum absolute atomic E-state index is 0.0519. The zero-order chi connectivity index (χ0) is 13.7. The van der Waals surface area contributed by atoms with E-state index in [1.54, 1.807) is 11.3 Å². The topological polar surface area (TPSA) is 46.4 Å². The molecule has 1 N–H and O–H groups in total. The van der Waals surface area contributed by atoms with E-state index in [2.05, 4.69) is 17.2 Å². The van der Waals surface area contributed by atoms with Crippen LogP contribution in [0.3, 0.4) is 0 Å². The molecule has 1 fully saturated rings. The second-order valence-electron chi connectivity index (χ2n) is 5.56. The molecule has 3 aromatic rings. The highest BCUT2D eigenvalue weighted by Crippen LogP contribution is 2.29. The van der Waals surface area contributed by atoms with E-state index in [1.165, 1.54) is 17.8 Å². The predicted octanol–water partition coefficient (Wildman–Crippen LogP) is 3.53. The van der Waals surface area contributed by atoms with Gasteiger partial charge in [0.25, 0.3) is 5.91 Å². The molecule has 20 heavy (non-hydrogen) atoms. The van der Waals surface area contributed by atoms with Gasteiger partial charge in [-0.05, 0) is 31.2 Å². The quantitative estimate of drug-likeness (QED) is 0.787. The van der Waals surface area contributed by atoms with E-state index in [0.717, 1.165) is 38.9 Å². The Labute approximate surface area is 124 Å². The summed E-state index contributed by atoms with van der Waals surface area (Å²) in [5, 5.41) is 5.17. The van der Waals surface area contributed by atoms with Crippen molar-refractivity contribution in [3.05, 3.63) is 22.5 Å². The van der Waals surface area contributed by atoms with E-state index in [4.69, 9.17) is 0 Å². The average Bonchev–Trinajstić information content (AvgIpc) is 3.10. The van der Waals surface area contributed by atoms with Crippen LogP contribution in [0.15, 0.2) is 17.6 Å². The number of nitrogens with zero attached hydrogens (tertiary/aromatic N) is 2. The summed E-state index contributed by atoms with van der Waals surface area (Å²) in [6.07, 6.45) is 5.42. The third kappa shape index (κ3) is 1.94. The van der Waals surface area contributed by atoms with Crippen molar-refractivity contribution in [2.45, 2.75) is 32.2 Å². The van der Waals surface area contributed by atoms with Crippen LogP contribution in [0.25, 0.3) is 15.3 Å². The number of thiazole rings is 1. The first-order valence-corrected chi connectivity index (χ1v) is 8.56. The first kappa shape index (κ1) is 12.3. The maximum absolute atomic E-state index is 12.3. The van der Waals surface area contributed by atoms with Gasteiger partial charge in [0, 0.05) is 17.6 Å². The van der Waals surface area contributed by atoms with Gasteiger partial charge in [-0.2, -0.15) is 0 Å². The Morgan fingerprint density at radius 1 is 1.50 bits per heavy atom. The summed E-state index contributed by atoms with van der Waals surface area (Å²) in [5.41, 5.74) is 1.04. The Kier molecular flexibility index (Phi) is 2.82. The number of aromatic nitrogens is 2. The van der Waals surface area contributed by atoms with Crippen molar-refractivity contribution < 1.29 is 4.79 Å². The molecule has 0 aliphatic heterocycles. The first-order chi connectivity index (χ1) is 9.70. The molecule has 4 nitrogen and oxygen atoms in total. The summed E-state index contributed by atoms with van der Waals surface area (Å²) in [5.74, 6) is 0.781. The number of carbonyl (C=O) groups is 1. The van der Waals surface area contributed by atoms with Crippen molar-refractivity contribution in [1.29, 1.82) is 0 Å². The molecule has 3 heterocycles. The van der Waals surface area contributed by atoms with Crippen LogP contribution in [-0.4, -0.2) is 21.3 Å². The van der Waals surface area contributed by atoms with Gasteiger partial charge in [-0.15, -0.1) is 22.7 Å². The Hall–Kier alpha value is -1.40. The fraction of sp³-hybridized carbons (Fsp3) is 0.429. The van der Waals surface area contributed by atoms with E-state index in [-0.39, 0.29) is 5.91 Å². The summed E-state index contributed by atoms with van der Waals surface area (Å²) in [7, 11) is 0. The smallest absolute Gasteiger partial charge is 0.261 e. The standard InChI is InChI=1S/C14H15N3OS2/c1-8-2-3-9(6-8)15-12(18)11-7-10-13(20-11)16-14-17(10)4-5-19-14/h4-5,7-9H,2-3,6H2,1H3,(H,15,18). The van der Waals surface area contributed by atoms with Crippen molar-refractivity contribution in [2.75, 3.05) is 0 Å². The number of nitrogens with one attached hydrogen (secondary N) is 1. The lowest BCUT2D eigenvalue weighted by molar-refractivity contribution is 0.0941. The van der Waals surface area contributed by atoms with E-state index >= 15 is 0 Å². The normalized spacial score (nSPS) is 22.9. The third-order valence-electron chi connectivity index (χ3n) is 3.99. The fourth-order valence-corrected chi connectivity index (χ4v) is 4.66. The molecule has 1 aliphatic carbocycles. The molecule has 2 atom stereocenters. The number of carbonyl (C=O) groups excluding carboxylic acids is 1. The molecular weight excluding hydrogens is 290 g/mol. The molecule has 1 amide bonds. The SMILES string of the molecule is CC1CCC(NC(=O)c2cc3c(nc4sccn43)s2)C1. The summed E-state index contributed by atoms with van der Waals surface area (Å²) >= 11 is 3.10. The molecule has 2 unspecified atom stereocenters. The van der Waals surface area contributed by atoms with Crippen molar-refractivity contribution in [3.8, 4) is 0 Å². The molecule has 4 rings (SSSR count). The van der Waals surface area contributed by atoms with Gasteiger partial charge in [0.2, 0.25) is 0 Å². The van der Waals surface area contributed by atoms with Crippen LogP contribution < -0.4 is 5.32 Å². The number of fused-ring (bicyclic) bond motifs is 3. The van der Waals surface area contributed by atoms with Crippen LogP contribution in [0.5, 0.6) is 0 Å². The van der Waals surface area contributed by atoms with Gasteiger partial charge in [0.05, 0.1) is 10.4 Å². The lowest BCUT2D eigenvalue weighted by atomic mass is 10.1. The molecule has 1 aliphatic rings. The second-order valence-corrected chi connectivity index (χ2v) is 7.46. The van der Waals surface area contributed by atoms with Gasteiger partial charge < -0.3 is 5.32 Å². The zero-order valence-corrected chi connectivity index (χ0v) is 12.8. The van der Waals surface area contributed by atoms with Crippen LogP contribution in [0, 0.1) is 5.92 Å². The summed E-state index contributed by atoms with van der Waals surface area (Å²) in [6, 6.07) is 2.30. The summed E-state index contributed by atoms with van der Waals surface area (Å²) in [4.78, 5) is 19.6. The third-order valence-corrected chi connectivity index (χ3v) is 5.77. The molecule has 6 heteroatoms. The molecule has 3 aromatic heterocycles. The number of rotatable bonds is 2. The van der Waals surface area contributed by atoms with Gasteiger partial charge in [-0.25, -0.2) is 4.98 Å². The molecule has 104 valence electrons. The van der Waals surface area contributed by atoms with Crippen LogP contribution in [0.4, 0.5) is 0 Å². The van der Waals surface area contributed by atoms with Crippen LogP contribution in [-0.2, 0) is 0 Å². The fourth-order valence-electron chi connectivity index (χ4n) is 2.95. The highest BCUT2D eigenvalue weighted by molar-refractivity contribution is 7.21. The van der Waals surface area contributed by atoms with Crippen molar-refractivity contribution in [3.63, 3.8) is 0 Å². The maximum Gasteiger partial charge on any atom is 0.261 e. The lowest BCUT2D eigenvalue weighted by Crippen LogP contribution is -2.32. The van der Waals surface area contributed by atoms with Crippen LogP contribution in [0.1, 0.15) is 35.9 Å². The summed E-state index contributed by atoms with van der Waals surface area (Å²) in [6.45, 7) is 2.25. The number of hydrogen-bond acceptors (Lipinski definition) is 4. The largest absolute Gasteiger partial charge is 0.349 e. The molecule has 0 radical (unpaired) electrons. The Balaban J connectivity index is 1.60. The van der Waals surface area contributed by atoms with E-state index in [1.807, 2.05) is 22.0 Å².